The van der Waals surface area contributed by atoms with E-state index in [0.717, 1.165) is 29.2 Å². The number of sulfonamides is 1. The molecule has 11 heteroatoms. The molecular formula is C19H30IN5O3S2. The Kier molecular flexibility index (Phi) is 12.4. The summed E-state index contributed by atoms with van der Waals surface area (Å²) in [6.45, 7) is 6.36. The van der Waals surface area contributed by atoms with Crippen molar-refractivity contribution in [2.75, 3.05) is 33.4 Å². The molecule has 8 nitrogen and oxygen atoms in total. The molecule has 1 aromatic heterocycles. The molecule has 0 aliphatic rings. The molecule has 2 rings (SSSR count). The maximum Gasteiger partial charge on any atom is 0.240 e. The monoisotopic (exact) mass is 567 g/mol. The minimum absolute atomic E-state index is 0. The van der Waals surface area contributed by atoms with E-state index in [9.17, 15) is 8.42 Å². The van der Waals surface area contributed by atoms with E-state index in [-0.39, 0.29) is 35.4 Å². The minimum atomic E-state index is -3.56. The summed E-state index contributed by atoms with van der Waals surface area (Å²) in [6.07, 6.45) is 0.815. The predicted molar refractivity (Wildman–Crippen MR) is 132 cm³/mol. The summed E-state index contributed by atoms with van der Waals surface area (Å²) in [6, 6.07) is 6.79. The minimum Gasteiger partial charge on any atom is -0.383 e. The van der Waals surface area contributed by atoms with Crippen LogP contribution in [0.3, 0.4) is 0 Å². The van der Waals surface area contributed by atoms with E-state index in [4.69, 9.17) is 4.74 Å². The van der Waals surface area contributed by atoms with Crippen LogP contribution in [0.15, 0.2) is 39.5 Å². The van der Waals surface area contributed by atoms with E-state index in [1.54, 1.807) is 29.5 Å². The second-order valence-electron chi connectivity index (χ2n) is 6.27. The van der Waals surface area contributed by atoms with Crippen LogP contribution in [0.4, 0.5) is 0 Å². The lowest BCUT2D eigenvalue weighted by Crippen LogP contribution is -2.38. The number of aryl methyl sites for hydroxylation is 1. The molecule has 0 amide bonds. The lowest BCUT2D eigenvalue weighted by molar-refractivity contribution is 0.204. The summed E-state index contributed by atoms with van der Waals surface area (Å²) in [5, 5.41) is 9.61. The zero-order valence-electron chi connectivity index (χ0n) is 17.5. The standard InChI is InChI=1S/C19H29N5O3S2.HI/c1-4-20-19(21-9-8-17-14-28-15(2)24-17)22-13-16-6-5-7-18(12-16)29(25,26)23-10-11-27-3;/h5-7,12,14,23H,4,8-11,13H2,1-3H3,(H2,20,21,22);1H. The number of nitrogens with one attached hydrogen (secondary N) is 3. The van der Waals surface area contributed by atoms with E-state index in [1.165, 1.54) is 7.11 Å². The highest BCUT2D eigenvalue weighted by molar-refractivity contribution is 14.0. The predicted octanol–water partition coefficient (Wildman–Crippen LogP) is 2.29. The van der Waals surface area contributed by atoms with Crippen molar-refractivity contribution >= 4 is 51.3 Å². The van der Waals surface area contributed by atoms with Crippen LogP contribution in [0, 0.1) is 6.92 Å². The van der Waals surface area contributed by atoms with Crippen molar-refractivity contribution in [3.63, 3.8) is 0 Å². The van der Waals surface area contributed by atoms with Crippen LogP contribution in [-0.4, -0.2) is 52.7 Å². The zero-order chi connectivity index (χ0) is 21.1. The molecule has 30 heavy (non-hydrogen) atoms. The van der Waals surface area contributed by atoms with Crippen molar-refractivity contribution in [2.45, 2.75) is 31.7 Å². The number of benzene rings is 1. The molecule has 1 aromatic carbocycles. The number of rotatable bonds is 11. The third-order valence-corrected chi connectivity index (χ3v) is 6.19. The zero-order valence-corrected chi connectivity index (χ0v) is 21.4. The molecule has 0 bridgehead atoms. The number of aromatic nitrogens is 1. The van der Waals surface area contributed by atoms with E-state index < -0.39 is 10.0 Å². The van der Waals surface area contributed by atoms with Crippen molar-refractivity contribution < 1.29 is 13.2 Å². The van der Waals surface area contributed by atoms with Crippen LogP contribution in [0.2, 0.25) is 0 Å². The van der Waals surface area contributed by atoms with Crippen molar-refractivity contribution in [1.82, 2.24) is 20.3 Å². The van der Waals surface area contributed by atoms with Crippen molar-refractivity contribution in [3.05, 3.63) is 45.9 Å². The summed E-state index contributed by atoms with van der Waals surface area (Å²) < 4.78 is 32.1. The first-order valence-electron chi connectivity index (χ1n) is 9.45. The van der Waals surface area contributed by atoms with Gasteiger partial charge in [-0.15, -0.1) is 35.3 Å². The quantitative estimate of drug-likeness (QED) is 0.167. The second kappa shape index (κ2) is 13.9. The number of ether oxygens (including phenoxy) is 1. The Morgan fingerprint density at radius 3 is 2.73 bits per heavy atom. The highest BCUT2D eigenvalue weighted by atomic mass is 127. The highest BCUT2D eigenvalue weighted by Crippen LogP contribution is 2.12. The SMILES string of the molecule is CCNC(=NCc1cccc(S(=O)(=O)NCCOC)c1)NCCc1csc(C)n1.I. The molecule has 3 N–H and O–H groups in total. The van der Waals surface area contributed by atoms with Crippen LogP contribution in [-0.2, 0) is 27.7 Å². The number of thiazole rings is 1. The molecule has 0 spiro atoms. The Balaban J connectivity index is 0.00000450. The maximum absolute atomic E-state index is 12.3. The molecule has 0 saturated heterocycles. The first kappa shape index (κ1) is 26.8. The number of guanidine groups is 1. The average Bonchev–Trinajstić information content (AvgIpc) is 3.11. The summed E-state index contributed by atoms with van der Waals surface area (Å²) in [5.41, 5.74) is 1.88. The molecule has 0 aliphatic heterocycles. The van der Waals surface area contributed by atoms with Gasteiger partial charge in [-0.1, -0.05) is 12.1 Å². The fourth-order valence-corrected chi connectivity index (χ4v) is 4.25. The van der Waals surface area contributed by atoms with Crippen LogP contribution in [0.5, 0.6) is 0 Å². The lowest BCUT2D eigenvalue weighted by Gasteiger charge is -2.11. The van der Waals surface area contributed by atoms with Gasteiger partial charge in [0.2, 0.25) is 10.0 Å². The summed E-state index contributed by atoms with van der Waals surface area (Å²) in [4.78, 5) is 9.23. The molecule has 0 aliphatic carbocycles. The van der Waals surface area contributed by atoms with Gasteiger partial charge in [-0.05, 0) is 31.5 Å². The van der Waals surface area contributed by atoms with Gasteiger partial charge in [0.25, 0.3) is 0 Å². The molecule has 1 heterocycles. The van der Waals surface area contributed by atoms with Gasteiger partial charge in [-0.3, -0.25) is 0 Å². The summed E-state index contributed by atoms with van der Waals surface area (Å²) in [5.74, 6) is 0.686. The van der Waals surface area contributed by atoms with Gasteiger partial charge in [-0.25, -0.2) is 23.1 Å². The number of hydrogen-bond donors (Lipinski definition) is 3. The second-order valence-corrected chi connectivity index (χ2v) is 9.10. The topological polar surface area (TPSA) is 105 Å². The molecule has 0 saturated carbocycles. The Morgan fingerprint density at radius 2 is 2.07 bits per heavy atom. The number of nitrogens with zero attached hydrogens (tertiary/aromatic N) is 2. The van der Waals surface area contributed by atoms with Crippen molar-refractivity contribution in [1.29, 1.82) is 0 Å². The molecule has 0 unspecified atom stereocenters. The molecule has 0 fully saturated rings. The fraction of sp³-hybridized carbons (Fsp3) is 0.474. The third-order valence-electron chi connectivity index (χ3n) is 3.91. The van der Waals surface area contributed by atoms with Gasteiger partial charge < -0.3 is 15.4 Å². The van der Waals surface area contributed by atoms with Gasteiger partial charge in [0, 0.05) is 38.5 Å². The molecular weight excluding hydrogens is 537 g/mol. The third kappa shape index (κ3) is 9.25. The van der Waals surface area contributed by atoms with Gasteiger partial charge in [0.1, 0.15) is 0 Å². The Hall–Kier alpha value is -1.28. The maximum atomic E-state index is 12.3. The summed E-state index contributed by atoms with van der Waals surface area (Å²) >= 11 is 1.64. The lowest BCUT2D eigenvalue weighted by atomic mass is 10.2. The Bertz CT molecular complexity index is 903. The average molecular weight is 568 g/mol. The molecule has 2 aromatic rings. The highest BCUT2D eigenvalue weighted by Gasteiger charge is 2.13. The van der Waals surface area contributed by atoms with E-state index in [0.29, 0.717) is 25.7 Å². The molecule has 0 radical (unpaired) electrons. The number of aliphatic imine (C=N–C) groups is 1. The molecule has 168 valence electrons. The van der Waals surface area contributed by atoms with Crippen LogP contribution in [0.1, 0.15) is 23.2 Å². The van der Waals surface area contributed by atoms with Gasteiger partial charge in [0.15, 0.2) is 5.96 Å². The van der Waals surface area contributed by atoms with Gasteiger partial charge in [0.05, 0.1) is 28.7 Å². The van der Waals surface area contributed by atoms with Crippen molar-refractivity contribution in [2.24, 2.45) is 4.99 Å². The van der Waals surface area contributed by atoms with Gasteiger partial charge in [-0.2, -0.15) is 0 Å². The first-order chi connectivity index (χ1) is 13.9. The molecule has 0 atom stereocenters. The van der Waals surface area contributed by atoms with Crippen LogP contribution < -0.4 is 15.4 Å². The number of methoxy groups -OCH3 is 1. The number of halogens is 1. The first-order valence-corrected chi connectivity index (χ1v) is 11.8. The Morgan fingerprint density at radius 1 is 1.27 bits per heavy atom. The fourth-order valence-electron chi connectivity index (χ4n) is 2.52. The number of hydrogen-bond acceptors (Lipinski definition) is 6. The van der Waals surface area contributed by atoms with Crippen LogP contribution in [0.25, 0.3) is 0 Å². The smallest absolute Gasteiger partial charge is 0.240 e. The van der Waals surface area contributed by atoms with E-state index in [2.05, 4.69) is 30.7 Å². The van der Waals surface area contributed by atoms with Crippen LogP contribution >= 0.6 is 35.3 Å². The summed E-state index contributed by atoms with van der Waals surface area (Å²) in [7, 11) is -2.03. The Labute approximate surface area is 200 Å². The van der Waals surface area contributed by atoms with E-state index in [1.807, 2.05) is 19.9 Å². The normalized spacial score (nSPS) is 11.8. The largest absolute Gasteiger partial charge is 0.383 e. The van der Waals surface area contributed by atoms with Crippen molar-refractivity contribution in [3.8, 4) is 0 Å². The van der Waals surface area contributed by atoms with E-state index >= 15 is 0 Å². The van der Waals surface area contributed by atoms with Gasteiger partial charge >= 0.3 is 0 Å².